The molecule has 2 aromatic carbocycles. The summed E-state index contributed by atoms with van der Waals surface area (Å²) < 4.78 is 11.2. The Kier molecular flexibility index (Phi) is 2.95. The van der Waals surface area contributed by atoms with Gasteiger partial charge in [0.1, 0.15) is 23.5 Å². The van der Waals surface area contributed by atoms with Crippen molar-refractivity contribution in [3.05, 3.63) is 53.8 Å². The predicted molar refractivity (Wildman–Crippen MR) is 76.6 cm³/mol. The number of hydrogen-bond acceptors (Lipinski definition) is 5. The number of hydrogen-bond donors (Lipinski definition) is 1. The van der Waals surface area contributed by atoms with E-state index in [1.54, 1.807) is 30.3 Å². The van der Waals surface area contributed by atoms with Crippen LogP contribution in [-0.4, -0.2) is 0 Å². The number of fused-ring (bicyclic) bond motifs is 1. The van der Waals surface area contributed by atoms with Gasteiger partial charge in [-0.2, -0.15) is 10.5 Å². The maximum atomic E-state index is 9.16. The Labute approximate surface area is 120 Å². The molecule has 0 unspecified atom stereocenters. The van der Waals surface area contributed by atoms with E-state index in [2.05, 4.69) is 0 Å². The number of nitrogens with two attached hydrogens (primary N) is 1. The zero-order valence-corrected chi connectivity index (χ0v) is 10.8. The standard InChI is InChI=1S/C16H9N3O2/c17-8-10-7-11(19)5-6-13(10)21-16-12-3-1-2-4-14(12)20-15(16)9-18/h1-7H,19H2. The van der Waals surface area contributed by atoms with Gasteiger partial charge in [0.2, 0.25) is 5.76 Å². The van der Waals surface area contributed by atoms with Crippen LogP contribution in [0.4, 0.5) is 5.69 Å². The van der Waals surface area contributed by atoms with Crippen LogP contribution in [0.15, 0.2) is 46.9 Å². The summed E-state index contributed by atoms with van der Waals surface area (Å²) in [7, 11) is 0. The van der Waals surface area contributed by atoms with Crippen molar-refractivity contribution in [3.63, 3.8) is 0 Å². The zero-order chi connectivity index (χ0) is 14.8. The molecule has 0 bridgehead atoms. The molecule has 21 heavy (non-hydrogen) atoms. The molecule has 0 amide bonds. The fraction of sp³-hybridized carbons (Fsp3) is 0. The minimum atomic E-state index is 0.0666. The maximum Gasteiger partial charge on any atom is 0.247 e. The van der Waals surface area contributed by atoms with Gasteiger partial charge in [-0.15, -0.1) is 0 Å². The van der Waals surface area contributed by atoms with E-state index in [1.807, 2.05) is 18.2 Å². The molecule has 1 heterocycles. The third kappa shape index (κ3) is 2.13. The monoisotopic (exact) mass is 275 g/mol. The van der Waals surface area contributed by atoms with Crippen LogP contribution in [-0.2, 0) is 0 Å². The van der Waals surface area contributed by atoms with Gasteiger partial charge in [-0.05, 0) is 30.3 Å². The van der Waals surface area contributed by atoms with E-state index in [0.29, 0.717) is 33.7 Å². The van der Waals surface area contributed by atoms with Crippen molar-refractivity contribution in [2.75, 3.05) is 5.73 Å². The van der Waals surface area contributed by atoms with E-state index in [-0.39, 0.29) is 5.76 Å². The number of para-hydroxylation sites is 1. The lowest BCUT2D eigenvalue weighted by Gasteiger charge is -2.06. The summed E-state index contributed by atoms with van der Waals surface area (Å²) in [6.07, 6.45) is 0. The van der Waals surface area contributed by atoms with Gasteiger partial charge < -0.3 is 14.9 Å². The highest BCUT2D eigenvalue weighted by Crippen LogP contribution is 2.37. The van der Waals surface area contributed by atoms with Crippen LogP contribution in [0.25, 0.3) is 11.0 Å². The minimum absolute atomic E-state index is 0.0666. The van der Waals surface area contributed by atoms with Gasteiger partial charge in [0, 0.05) is 5.69 Å². The molecule has 0 saturated carbocycles. The molecule has 0 aliphatic heterocycles. The number of benzene rings is 2. The molecule has 0 saturated heterocycles. The molecule has 0 aliphatic rings. The number of nitriles is 2. The van der Waals surface area contributed by atoms with Crippen LogP contribution >= 0.6 is 0 Å². The summed E-state index contributed by atoms with van der Waals surface area (Å²) in [4.78, 5) is 0. The minimum Gasteiger partial charge on any atom is -0.450 e. The van der Waals surface area contributed by atoms with Crippen molar-refractivity contribution in [2.24, 2.45) is 0 Å². The van der Waals surface area contributed by atoms with Crippen molar-refractivity contribution in [1.82, 2.24) is 0 Å². The first-order chi connectivity index (χ1) is 10.2. The van der Waals surface area contributed by atoms with Crippen LogP contribution in [0, 0.1) is 22.7 Å². The van der Waals surface area contributed by atoms with Gasteiger partial charge in [-0.1, -0.05) is 12.1 Å². The van der Waals surface area contributed by atoms with E-state index in [4.69, 9.17) is 25.4 Å². The zero-order valence-electron chi connectivity index (χ0n) is 10.8. The van der Waals surface area contributed by atoms with E-state index in [9.17, 15) is 0 Å². The molecule has 5 nitrogen and oxygen atoms in total. The summed E-state index contributed by atoms with van der Waals surface area (Å²) in [6.45, 7) is 0. The Morgan fingerprint density at radius 2 is 1.86 bits per heavy atom. The number of furan rings is 1. The van der Waals surface area contributed by atoms with Crippen molar-refractivity contribution in [2.45, 2.75) is 0 Å². The topological polar surface area (TPSA) is 96.0 Å². The van der Waals surface area contributed by atoms with E-state index in [1.165, 1.54) is 6.07 Å². The Balaban J connectivity index is 2.15. The van der Waals surface area contributed by atoms with Gasteiger partial charge >= 0.3 is 0 Å². The predicted octanol–water partition coefficient (Wildman–Crippen LogP) is 3.55. The van der Waals surface area contributed by atoms with Crippen molar-refractivity contribution < 1.29 is 9.15 Å². The first kappa shape index (κ1) is 12.6. The lowest BCUT2D eigenvalue weighted by Crippen LogP contribution is -1.92. The van der Waals surface area contributed by atoms with Gasteiger partial charge in [-0.3, -0.25) is 0 Å². The average molecular weight is 275 g/mol. The molecule has 1 aromatic heterocycles. The summed E-state index contributed by atoms with van der Waals surface area (Å²) in [5.74, 6) is 0.695. The fourth-order valence-electron chi connectivity index (χ4n) is 2.03. The molecule has 5 heteroatoms. The second kappa shape index (κ2) is 4.92. The molecular weight excluding hydrogens is 266 g/mol. The Bertz CT molecular complexity index is 913. The SMILES string of the molecule is N#Cc1cc(N)ccc1Oc1c(C#N)oc2ccccc12. The Morgan fingerprint density at radius 3 is 2.62 bits per heavy atom. The Morgan fingerprint density at radius 1 is 1.05 bits per heavy atom. The number of nitrogens with zero attached hydrogens (tertiary/aromatic N) is 2. The van der Waals surface area contributed by atoms with Crippen LogP contribution in [0.5, 0.6) is 11.5 Å². The van der Waals surface area contributed by atoms with Crippen molar-refractivity contribution in [3.8, 4) is 23.6 Å². The van der Waals surface area contributed by atoms with E-state index in [0.717, 1.165) is 0 Å². The third-order valence-electron chi connectivity index (χ3n) is 2.99. The van der Waals surface area contributed by atoms with Crippen LogP contribution < -0.4 is 10.5 Å². The number of rotatable bonds is 2. The van der Waals surface area contributed by atoms with E-state index >= 15 is 0 Å². The lowest BCUT2D eigenvalue weighted by atomic mass is 10.2. The van der Waals surface area contributed by atoms with Gasteiger partial charge in [0.05, 0.1) is 10.9 Å². The molecule has 0 atom stereocenters. The van der Waals surface area contributed by atoms with Crippen molar-refractivity contribution in [1.29, 1.82) is 10.5 Å². The number of nitrogen functional groups attached to an aromatic ring is 1. The van der Waals surface area contributed by atoms with E-state index < -0.39 is 0 Å². The molecule has 0 fully saturated rings. The summed E-state index contributed by atoms with van der Waals surface area (Å²) in [5.41, 5.74) is 6.96. The highest BCUT2D eigenvalue weighted by Gasteiger charge is 2.17. The normalized spacial score (nSPS) is 10.0. The average Bonchev–Trinajstić information content (AvgIpc) is 2.87. The van der Waals surface area contributed by atoms with Crippen LogP contribution in [0.2, 0.25) is 0 Å². The molecule has 0 aliphatic carbocycles. The summed E-state index contributed by atoms with van der Waals surface area (Å²) >= 11 is 0. The van der Waals surface area contributed by atoms with Gasteiger partial charge in [0.25, 0.3) is 0 Å². The maximum absolute atomic E-state index is 9.16. The van der Waals surface area contributed by atoms with Crippen molar-refractivity contribution >= 4 is 16.7 Å². The smallest absolute Gasteiger partial charge is 0.247 e. The van der Waals surface area contributed by atoms with Crippen LogP contribution in [0.1, 0.15) is 11.3 Å². The first-order valence-corrected chi connectivity index (χ1v) is 6.12. The summed E-state index contributed by atoms with van der Waals surface area (Å²) in [6, 6.07) is 15.9. The van der Waals surface area contributed by atoms with Gasteiger partial charge in [-0.25, -0.2) is 0 Å². The molecule has 3 aromatic rings. The van der Waals surface area contributed by atoms with Crippen LogP contribution in [0.3, 0.4) is 0 Å². The highest BCUT2D eigenvalue weighted by atomic mass is 16.5. The molecule has 2 N–H and O–H groups in total. The Hall–Kier alpha value is -3.44. The third-order valence-corrected chi connectivity index (χ3v) is 2.99. The highest BCUT2D eigenvalue weighted by molar-refractivity contribution is 5.87. The summed E-state index contributed by atoms with van der Waals surface area (Å²) in [5, 5.41) is 19.0. The number of ether oxygens (including phenoxy) is 1. The molecule has 3 rings (SSSR count). The molecule has 0 radical (unpaired) electrons. The lowest BCUT2D eigenvalue weighted by molar-refractivity contribution is 0.466. The fourth-order valence-corrected chi connectivity index (χ4v) is 2.03. The van der Waals surface area contributed by atoms with Gasteiger partial charge in [0.15, 0.2) is 5.75 Å². The quantitative estimate of drug-likeness (QED) is 0.721. The second-order valence-electron chi connectivity index (χ2n) is 4.34. The molecular formula is C16H9N3O2. The largest absolute Gasteiger partial charge is 0.450 e. The molecule has 100 valence electrons. The second-order valence-corrected chi connectivity index (χ2v) is 4.34. The first-order valence-electron chi connectivity index (χ1n) is 6.12. The number of anilines is 1. The molecule has 0 spiro atoms.